The number of hydrogen-bond acceptors (Lipinski definition) is 3. The first-order chi connectivity index (χ1) is 12.3. The number of nitrogens with zero attached hydrogens (tertiary/aromatic N) is 4. The van der Waals surface area contributed by atoms with E-state index in [-0.39, 0.29) is 0 Å². The van der Waals surface area contributed by atoms with Crippen LogP contribution in [0.25, 0.3) is 5.69 Å². The number of nitrogens with one attached hydrogen (secondary N) is 1. The first kappa shape index (κ1) is 14.9. The van der Waals surface area contributed by atoms with Crippen molar-refractivity contribution < 1.29 is 0 Å². The molecule has 0 radical (unpaired) electrons. The molecule has 1 aliphatic heterocycles. The second kappa shape index (κ2) is 5.85. The van der Waals surface area contributed by atoms with Crippen LogP contribution < -0.4 is 0 Å². The molecule has 0 spiro atoms. The smallest absolute Gasteiger partial charge is 0.0925 e. The van der Waals surface area contributed by atoms with E-state index in [0.29, 0.717) is 6.04 Å². The van der Waals surface area contributed by atoms with Gasteiger partial charge in [0.2, 0.25) is 0 Å². The maximum atomic E-state index is 4.64. The second-order valence-corrected chi connectivity index (χ2v) is 7.40. The first-order valence-electron chi connectivity index (χ1n) is 9.15. The van der Waals surface area contributed by atoms with Crippen molar-refractivity contribution in [3.63, 3.8) is 0 Å². The molecule has 2 aromatic heterocycles. The first-order valence-corrected chi connectivity index (χ1v) is 9.15. The Morgan fingerprint density at radius 3 is 3.04 bits per heavy atom. The SMILES string of the molecule is Cc1cccc(-n2cc(CN3CCc4[nH]cnc4[C@@H]3C3CC3)cn2)c1. The summed E-state index contributed by atoms with van der Waals surface area (Å²) in [6.07, 6.45) is 9.75. The maximum Gasteiger partial charge on any atom is 0.0925 e. The van der Waals surface area contributed by atoms with Crippen molar-refractivity contribution in [2.75, 3.05) is 6.54 Å². The lowest BCUT2D eigenvalue weighted by molar-refractivity contribution is 0.152. The highest BCUT2D eigenvalue weighted by Gasteiger charge is 2.40. The summed E-state index contributed by atoms with van der Waals surface area (Å²) in [4.78, 5) is 10.6. The Kier molecular flexibility index (Phi) is 3.48. The standard InChI is InChI=1S/C20H23N5/c1-14-3-2-4-17(9-14)25-12-15(10-23-25)11-24-8-7-18-19(22-13-21-18)20(24)16-5-6-16/h2-4,9-10,12-13,16,20H,5-8,11H2,1H3,(H,21,22)/t20-/m0/s1. The van der Waals surface area contributed by atoms with Crippen molar-refractivity contribution in [1.29, 1.82) is 0 Å². The fourth-order valence-electron chi connectivity index (χ4n) is 4.05. The average molecular weight is 333 g/mol. The highest BCUT2D eigenvalue weighted by molar-refractivity contribution is 5.35. The Bertz CT molecular complexity index is 889. The number of hydrogen-bond donors (Lipinski definition) is 1. The molecule has 128 valence electrons. The van der Waals surface area contributed by atoms with Gasteiger partial charge >= 0.3 is 0 Å². The Morgan fingerprint density at radius 2 is 2.20 bits per heavy atom. The normalized spacial score (nSPS) is 20.6. The van der Waals surface area contributed by atoms with Crippen molar-refractivity contribution in [2.24, 2.45) is 5.92 Å². The summed E-state index contributed by atoms with van der Waals surface area (Å²) in [6, 6.07) is 8.94. The summed E-state index contributed by atoms with van der Waals surface area (Å²) in [5.41, 5.74) is 6.26. The zero-order valence-electron chi connectivity index (χ0n) is 14.5. The lowest BCUT2D eigenvalue weighted by Gasteiger charge is -2.34. The molecule has 3 heterocycles. The van der Waals surface area contributed by atoms with Crippen LogP contribution in [0.4, 0.5) is 0 Å². The van der Waals surface area contributed by atoms with Gasteiger partial charge in [-0.1, -0.05) is 12.1 Å². The zero-order valence-corrected chi connectivity index (χ0v) is 14.5. The molecule has 0 amide bonds. The van der Waals surface area contributed by atoms with E-state index in [0.717, 1.165) is 31.1 Å². The quantitative estimate of drug-likeness (QED) is 0.796. The third-order valence-electron chi connectivity index (χ3n) is 5.43. The number of aromatic nitrogens is 4. The molecule has 5 rings (SSSR count). The van der Waals surface area contributed by atoms with Crippen molar-refractivity contribution >= 4 is 0 Å². The number of imidazole rings is 1. The summed E-state index contributed by atoms with van der Waals surface area (Å²) in [5, 5.41) is 4.58. The predicted octanol–water partition coefficient (Wildman–Crippen LogP) is 3.41. The lowest BCUT2D eigenvalue weighted by atomic mass is 9.98. The number of fused-ring (bicyclic) bond motifs is 1. The maximum absolute atomic E-state index is 4.64. The number of benzene rings is 1. The van der Waals surface area contributed by atoms with Crippen LogP contribution >= 0.6 is 0 Å². The number of aromatic amines is 1. The Morgan fingerprint density at radius 1 is 1.28 bits per heavy atom. The zero-order chi connectivity index (χ0) is 16.8. The molecule has 5 nitrogen and oxygen atoms in total. The number of H-pyrrole nitrogens is 1. The van der Waals surface area contributed by atoms with Gasteiger partial charge in [-0.15, -0.1) is 0 Å². The molecular formula is C20H23N5. The van der Waals surface area contributed by atoms with Crippen LogP contribution in [0.1, 0.15) is 41.4 Å². The van der Waals surface area contributed by atoms with Gasteiger partial charge in [0.15, 0.2) is 0 Å². The van der Waals surface area contributed by atoms with E-state index in [2.05, 4.69) is 57.4 Å². The van der Waals surface area contributed by atoms with Gasteiger partial charge in [-0.25, -0.2) is 9.67 Å². The Labute approximate surface area is 147 Å². The topological polar surface area (TPSA) is 49.7 Å². The van der Waals surface area contributed by atoms with E-state index in [1.165, 1.54) is 35.4 Å². The molecule has 2 aliphatic rings. The molecule has 3 aromatic rings. The van der Waals surface area contributed by atoms with Crippen molar-refractivity contribution in [2.45, 2.75) is 38.8 Å². The van der Waals surface area contributed by atoms with Crippen LogP contribution in [-0.4, -0.2) is 31.2 Å². The summed E-state index contributed by atoms with van der Waals surface area (Å²) in [7, 11) is 0. The van der Waals surface area contributed by atoms with E-state index >= 15 is 0 Å². The van der Waals surface area contributed by atoms with Crippen molar-refractivity contribution in [3.05, 3.63) is 65.5 Å². The molecular weight excluding hydrogens is 310 g/mol. The van der Waals surface area contributed by atoms with Gasteiger partial charge < -0.3 is 4.98 Å². The Balaban J connectivity index is 1.39. The molecule has 5 heteroatoms. The van der Waals surface area contributed by atoms with Crippen LogP contribution in [0, 0.1) is 12.8 Å². The van der Waals surface area contributed by atoms with Crippen molar-refractivity contribution in [1.82, 2.24) is 24.6 Å². The fraction of sp³-hybridized carbons (Fsp3) is 0.400. The fourth-order valence-corrected chi connectivity index (χ4v) is 4.05. The minimum absolute atomic E-state index is 0.470. The molecule has 1 aliphatic carbocycles. The monoisotopic (exact) mass is 333 g/mol. The molecule has 1 fully saturated rings. The molecule has 1 N–H and O–H groups in total. The summed E-state index contributed by atoms with van der Waals surface area (Å²) in [6.45, 7) is 4.15. The van der Waals surface area contributed by atoms with Gasteiger partial charge in [-0.2, -0.15) is 5.10 Å². The van der Waals surface area contributed by atoms with Crippen LogP contribution in [0.2, 0.25) is 0 Å². The van der Waals surface area contributed by atoms with Gasteiger partial charge in [0.1, 0.15) is 0 Å². The van der Waals surface area contributed by atoms with E-state index in [4.69, 9.17) is 0 Å². The summed E-state index contributed by atoms with van der Waals surface area (Å²) in [5.74, 6) is 0.772. The number of aryl methyl sites for hydroxylation is 1. The van der Waals surface area contributed by atoms with Gasteiger partial charge in [0.25, 0.3) is 0 Å². The van der Waals surface area contributed by atoms with Crippen LogP contribution in [0.5, 0.6) is 0 Å². The van der Waals surface area contributed by atoms with Crippen LogP contribution in [0.3, 0.4) is 0 Å². The van der Waals surface area contributed by atoms with Crippen LogP contribution in [0.15, 0.2) is 43.0 Å². The highest BCUT2D eigenvalue weighted by atomic mass is 15.3. The molecule has 0 bridgehead atoms. The molecule has 25 heavy (non-hydrogen) atoms. The predicted molar refractivity (Wildman–Crippen MR) is 96.5 cm³/mol. The van der Waals surface area contributed by atoms with E-state index in [1.54, 1.807) is 0 Å². The van der Waals surface area contributed by atoms with Crippen LogP contribution in [-0.2, 0) is 13.0 Å². The highest BCUT2D eigenvalue weighted by Crippen LogP contribution is 2.46. The third kappa shape index (κ3) is 2.78. The molecule has 1 saturated carbocycles. The second-order valence-electron chi connectivity index (χ2n) is 7.40. The van der Waals surface area contributed by atoms with E-state index < -0.39 is 0 Å². The van der Waals surface area contributed by atoms with Crippen molar-refractivity contribution in [3.8, 4) is 5.69 Å². The third-order valence-corrected chi connectivity index (χ3v) is 5.43. The largest absolute Gasteiger partial charge is 0.348 e. The molecule has 1 atom stereocenters. The molecule has 1 aromatic carbocycles. The Hall–Kier alpha value is -2.40. The number of rotatable bonds is 4. The van der Waals surface area contributed by atoms with Gasteiger partial charge in [-0.05, 0) is 43.4 Å². The minimum Gasteiger partial charge on any atom is -0.348 e. The van der Waals surface area contributed by atoms with Gasteiger partial charge in [0.05, 0.1) is 29.9 Å². The average Bonchev–Trinajstić information content (AvgIpc) is 3.15. The lowest BCUT2D eigenvalue weighted by Crippen LogP contribution is -2.36. The summed E-state index contributed by atoms with van der Waals surface area (Å²) < 4.78 is 1.98. The molecule has 0 saturated heterocycles. The van der Waals surface area contributed by atoms with Gasteiger partial charge in [0, 0.05) is 37.0 Å². The van der Waals surface area contributed by atoms with E-state index in [1.807, 2.05) is 17.2 Å². The minimum atomic E-state index is 0.470. The molecule has 0 unspecified atom stereocenters. The summed E-state index contributed by atoms with van der Waals surface area (Å²) >= 11 is 0. The van der Waals surface area contributed by atoms with Gasteiger partial charge in [-0.3, -0.25) is 4.90 Å². The van der Waals surface area contributed by atoms with E-state index in [9.17, 15) is 0 Å².